The van der Waals surface area contributed by atoms with Crippen LogP contribution in [-0.2, 0) is 13.1 Å². The van der Waals surface area contributed by atoms with Crippen molar-refractivity contribution in [1.29, 1.82) is 0 Å². The van der Waals surface area contributed by atoms with Crippen molar-refractivity contribution in [2.45, 2.75) is 44.8 Å². The highest BCUT2D eigenvalue weighted by Crippen LogP contribution is 2.18. The highest BCUT2D eigenvalue weighted by molar-refractivity contribution is 4.94. The molecule has 0 aromatic carbocycles. The quantitative estimate of drug-likeness (QED) is 0.721. The minimum atomic E-state index is 0.729. The number of likely N-dealkylation sites (N-methyl/N-ethyl adjacent to an activating group) is 1. The molecule has 3 rings (SSSR count). The summed E-state index contributed by atoms with van der Waals surface area (Å²) in [5.41, 5.74) is 1.06. The molecule has 1 saturated carbocycles. The molecule has 21 heavy (non-hydrogen) atoms. The summed E-state index contributed by atoms with van der Waals surface area (Å²) in [6.07, 6.45) is 7.45. The lowest BCUT2D eigenvalue weighted by atomic mass is 10.4. The second-order valence-electron chi connectivity index (χ2n) is 6.48. The average Bonchev–Trinajstić information content (AvgIpc) is 3.00. The summed E-state index contributed by atoms with van der Waals surface area (Å²) in [5.74, 6) is 0. The number of rotatable bonds is 9. The summed E-state index contributed by atoms with van der Waals surface area (Å²) < 4.78 is 1.97. The average molecular weight is 292 g/mol. The molecule has 0 bridgehead atoms. The van der Waals surface area contributed by atoms with E-state index >= 15 is 0 Å². The number of aromatic nitrogens is 3. The van der Waals surface area contributed by atoms with Gasteiger partial charge in [-0.15, -0.1) is 5.10 Å². The van der Waals surface area contributed by atoms with Gasteiger partial charge in [-0.3, -0.25) is 4.68 Å². The monoisotopic (exact) mass is 292 g/mol. The van der Waals surface area contributed by atoms with Gasteiger partial charge < -0.3 is 15.1 Å². The van der Waals surface area contributed by atoms with E-state index in [0.717, 1.165) is 37.9 Å². The lowest BCUT2D eigenvalue weighted by molar-refractivity contribution is 0.248. The van der Waals surface area contributed by atoms with Crippen LogP contribution in [0.2, 0.25) is 0 Å². The van der Waals surface area contributed by atoms with Crippen LogP contribution in [0.25, 0.3) is 0 Å². The molecule has 1 aromatic rings. The van der Waals surface area contributed by atoms with Gasteiger partial charge in [0, 0.05) is 38.4 Å². The van der Waals surface area contributed by atoms with Crippen molar-refractivity contribution in [3.8, 4) is 0 Å². The number of nitrogens with zero attached hydrogens (tertiary/aromatic N) is 5. The lowest BCUT2D eigenvalue weighted by Crippen LogP contribution is -2.33. The molecule has 6 nitrogen and oxygen atoms in total. The Balaban J connectivity index is 1.31. The van der Waals surface area contributed by atoms with Crippen molar-refractivity contribution in [3.05, 3.63) is 11.9 Å². The van der Waals surface area contributed by atoms with Crippen LogP contribution in [-0.4, -0.2) is 70.6 Å². The van der Waals surface area contributed by atoms with E-state index in [-0.39, 0.29) is 0 Å². The third-order valence-electron chi connectivity index (χ3n) is 4.44. The van der Waals surface area contributed by atoms with Crippen molar-refractivity contribution >= 4 is 0 Å². The summed E-state index contributed by atoms with van der Waals surface area (Å²) in [7, 11) is 2.20. The van der Waals surface area contributed by atoms with Gasteiger partial charge in [0.2, 0.25) is 0 Å². The van der Waals surface area contributed by atoms with Gasteiger partial charge in [-0.05, 0) is 45.8 Å². The van der Waals surface area contributed by atoms with Crippen molar-refractivity contribution < 1.29 is 0 Å². The van der Waals surface area contributed by atoms with Gasteiger partial charge in [-0.25, -0.2) is 0 Å². The second kappa shape index (κ2) is 7.33. The Morgan fingerprint density at radius 1 is 1.24 bits per heavy atom. The number of likely N-dealkylation sites (tertiary alicyclic amines) is 1. The highest BCUT2D eigenvalue weighted by Gasteiger charge is 2.20. The Bertz CT molecular complexity index is 422. The molecular formula is C15H28N6. The van der Waals surface area contributed by atoms with Crippen LogP contribution in [0.4, 0.5) is 0 Å². The van der Waals surface area contributed by atoms with Crippen molar-refractivity contribution in [2.24, 2.45) is 0 Å². The molecule has 2 aliphatic rings. The lowest BCUT2D eigenvalue weighted by Gasteiger charge is -2.21. The van der Waals surface area contributed by atoms with E-state index in [1.165, 1.54) is 45.3 Å². The van der Waals surface area contributed by atoms with Gasteiger partial charge in [0.25, 0.3) is 0 Å². The topological polar surface area (TPSA) is 49.2 Å². The molecule has 1 saturated heterocycles. The third kappa shape index (κ3) is 5.05. The fraction of sp³-hybridized carbons (Fsp3) is 0.867. The van der Waals surface area contributed by atoms with Gasteiger partial charge in [-0.2, -0.15) is 0 Å². The summed E-state index contributed by atoms with van der Waals surface area (Å²) in [6.45, 7) is 7.73. The van der Waals surface area contributed by atoms with Gasteiger partial charge in [0.1, 0.15) is 0 Å². The largest absolute Gasteiger partial charge is 0.308 e. The third-order valence-corrected chi connectivity index (χ3v) is 4.44. The maximum absolute atomic E-state index is 4.23. The molecule has 0 unspecified atom stereocenters. The molecule has 0 atom stereocenters. The Morgan fingerprint density at radius 2 is 2.00 bits per heavy atom. The van der Waals surface area contributed by atoms with Crippen molar-refractivity contribution in [2.75, 3.05) is 39.8 Å². The Kier molecular flexibility index (Phi) is 5.22. The predicted octanol–water partition coefficient (Wildman–Crippen LogP) is 0.558. The summed E-state index contributed by atoms with van der Waals surface area (Å²) >= 11 is 0. The van der Waals surface area contributed by atoms with Crippen LogP contribution in [0.3, 0.4) is 0 Å². The first-order chi connectivity index (χ1) is 10.3. The molecule has 2 heterocycles. The molecule has 6 heteroatoms. The van der Waals surface area contributed by atoms with E-state index in [9.17, 15) is 0 Å². The van der Waals surface area contributed by atoms with E-state index in [4.69, 9.17) is 0 Å². The highest BCUT2D eigenvalue weighted by atomic mass is 15.4. The normalized spacial score (nSPS) is 19.7. The van der Waals surface area contributed by atoms with Crippen molar-refractivity contribution in [1.82, 2.24) is 30.1 Å². The fourth-order valence-electron chi connectivity index (χ4n) is 2.77. The van der Waals surface area contributed by atoms with Crippen molar-refractivity contribution in [3.63, 3.8) is 0 Å². The van der Waals surface area contributed by atoms with Gasteiger partial charge in [-0.1, -0.05) is 5.21 Å². The molecule has 1 aliphatic heterocycles. The van der Waals surface area contributed by atoms with E-state index < -0.39 is 0 Å². The van der Waals surface area contributed by atoms with Crippen LogP contribution in [0.5, 0.6) is 0 Å². The minimum absolute atomic E-state index is 0.729. The van der Waals surface area contributed by atoms with Gasteiger partial charge in [0.15, 0.2) is 0 Å². The first kappa shape index (κ1) is 14.9. The molecular weight excluding hydrogens is 264 g/mol. The first-order valence-corrected chi connectivity index (χ1v) is 8.33. The second-order valence-corrected chi connectivity index (χ2v) is 6.48. The molecule has 1 aliphatic carbocycles. The summed E-state index contributed by atoms with van der Waals surface area (Å²) in [4.78, 5) is 4.95. The Hall–Kier alpha value is -0.980. The van der Waals surface area contributed by atoms with Crippen LogP contribution < -0.4 is 5.32 Å². The molecule has 118 valence electrons. The minimum Gasteiger partial charge on any atom is -0.308 e. The zero-order valence-electron chi connectivity index (χ0n) is 13.2. The Labute approximate surface area is 127 Å². The summed E-state index contributed by atoms with van der Waals surface area (Å²) in [6, 6.07) is 0.729. The van der Waals surface area contributed by atoms with Crippen LogP contribution in [0, 0.1) is 0 Å². The number of nitrogens with one attached hydrogen (secondary N) is 1. The Morgan fingerprint density at radius 3 is 2.76 bits per heavy atom. The number of hydrogen-bond donors (Lipinski definition) is 1. The zero-order chi connectivity index (χ0) is 14.5. The molecule has 2 fully saturated rings. The molecule has 0 radical (unpaired) electrons. The van der Waals surface area contributed by atoms with E-state index in [1.54, 1.807) is 0 Å². The first-order valence-electron chi connectivity index (χ1n) is 8.33. The fourth-order valence-corrected chi connectivity index (χ4v) is 2.77. The predicted molar refractivity (Wildman–Crippen MR) is 83.1 cm³/mol. The van der Waals surface area contributed by atoms with E-state index in [0.29, 0.717) is 0 Å². The zero-order valence-corrected chi connectivity index (χ0v) is 13.2. The molecule has 1 N–H and O–H groups in total. The number of hydrogen-bond acceptors (Lipinski definition) is 5. The van der Waals surface area contributed by atoms with Gasteiger partial charge >= 0.3 is 0 Å². The molecule has 0 spiro atoms. The smallest absolute Gasteiger partial charge is 0.0964 e. The summed E-state index contributed by atoms with van der Waals surface area (Å²) in [5, 5.41) is 11.9. The van der Waals surface area contributed by atoms with E-state index in [2.05, 4.69) is 38.7 Å². The van der Waals surface area contributed by atoms with Gasteiger partial charge in [0.05, 0.1) is 12.2 Å². The molecule has 1 aromatic heterocycles. The van der Waals surface area contributed by atoms with E-state index in [1.807, 2.05) is 4.68 Å². The van der Waals surface area contributed by atoms with Crippen LogP contribution in [0.15, 0.2) is 6.20 Å². The van der Waals surface area contributed by atoms with Crippen LogP contribution >= 0.6 is 0 Å². The maximum Gasteiger partial charge on any atom is 0.0964 e. The SMILES string of the molecule is CN(CCN1CCCC1)CCn1cc(CNC2CC2)nn1. The standard InChI is InChI=1S/C15H28N6/c1-19(8-10-20-6-2-3-7-20)9-11-21-13-15(17-18-21)12-16-14-4-5-14/h13-14,16H,2-12H2,1H3. The van der Waals surface area contributed by atoms with Crippen LogP contribution in [0.1, 0.15) is 31.4 Å². The molecule has 0 amide bonds. The maximum atomic E-state index is 4.23.